The summed E-state index contributed by atoms with van der Waals surface area (Å²) in [4.78, 5) is 11.2. The minimum absolute atomic E-state index is 0.00407. The van der Waals surface area contributed by atoms with Crippen molar-refractivity contribution in [1.82, 2.24) is 5.32 Å². The zero-order chi connectivity index (χ0) is 12.5. The summed E-state index contributed by atoms with van der Waals surface area (Å²) in [6, 6.07) is 7.53. The Bertz CT molecular complexity index is 335. The first-order valence-corrected chi connectivity index (χ1v) is 5.85. The number of amides is 1. The summed E-state index contributed by atoms with van der Waals surface area (Å²) in [5, 5.41) is 11.5. The van der Waals surface area contributed by atoms with Gasteiger partial charge in [-0.2, -0.15) is 0 Å². The number of rotatable bonds is 7. The van der Waals surface area contributed by atoms with Gasteiger partial charge in [-0.05, 0) is 31.0 Å². The van der Waals surface area contributed by atoms with E-state index >= 15 is 0 Å². The van der Waals surface area contributed by atoms with Gasteiger partial charge in [0.05, 0.1) is 13.0 Å². The van der Waals surface area contributed by atoms with Crippen LogP contribution in [0.1, 0.15) is 18.9 Å². The molecule has 0 atom stereocenters. The molecule has 0 unspecified atom stereocenters. The Morgan fingerprint density at radius 2 is 2.06 bits per heavy atom. The van der Waals surface area contributed by atoms with Gasteiger partial charge in [0, 0.05) is 13.2 Å². The molecule has 4 heteroatoms. The molecule has 4 nitrogen and oxygen atoms in total. The van der Waals surface area contributed by atoms with Crippen LogP contribution in [0.2, 0.25) is 0 Å². The topological polar surface area (TPSA) is 58.6 Å². The van der Waals surface area contributed by atoms with Crippen molar-refractivity contribution < 1.29 is 14.6 Å². The minimum atomic E-state index is 0.00407. The highest BCUT2D eigenvalue weighted by Gasteiger charge is 2.00. The molecule has 2 N–H and O–H groups in total. The van der Waals surface area contributed by atoms with E-state index in [4.69, 9.17) is 9.84 Å². The van der Waals surface area contributed by atoms with Crippen molar-refractivity contribution in [3.63, 3.8) is 0 Å². The van der Waals surface area contributed by atoms with Gasteiger partial charge in [0.15, 0.2) is 0 Å². The van der Waals surface area contributed by atoms with E-state index in [9.17, 15) is 4.79 Å². The van der Waals surface area contributed by atoms with Gasteiger partial charge in [-0.15, -0.1) is 0 Å². The normalized spacial score (nSPS) is 10.0. The molecule has 0 fully saturated rings. The first-order valence-electron chi connectivity index (χ1n) is 5.85. The van der Waals surface area contributed by atoms with E-state index in [0.717, 1.165) is 11.3 Å². The summed E-state index contributed by atoms with van der Waals surface area (Å²) in [5.41, 5.74) is 1.07. The predicted octanol–water partition coefficient (Wildman–Crippen LogP) is 1.13. The van der Waals surface area contributed by atoms with Crippen LogP contribution in [-0.4, -0.2) is 30.8 Å². The van der Waals surface area contributed by atoms with Crippen LogP contribution in [0.25, 0.3) is 0 Å². The zero-order valence-electron chi connectivity index (χ0n) is 10.1. The van der Waals surface area contributed by atoms with E-state index in [-0.39, 0.29) is 12.5 Å². The molecule has 0 spiro atoms. The fraction of sp³-hybridized carbons (Fsp3) is 0.462. The zero-order valence-corrected chi connectivity index (χ0v) is 10.1. The van der Waals surface area contributed by atoms with E-state index in [0.29, 0.717) is 26.0 Å². The van der Waals surface area contributed by atoms with Crippen LogP contribution < -0.4 is 10.1 Å². The number of hydrogen-bond donors (Lipinski definition) is 2. The second-order valence-corrected chi connectivity index (χ2v) is 3.67. The third kappa shape index (κ3) is 5.36. The number of hydrogen-bond acceptors (Lipinski definition) is 3. The first kappa shape index (κ1) is 13.5. The van der Waals surface area contributed by atoms with Crippen LogP contribution in [0.15, 0.2) is 24.3 Å². The Balaban J connectivity index is 2.29. The summed E-state index contributed by atoms with van der Waals surface area (Å²) in [5.74, 6) is 0.750. The second kappa shape index (κ2) is 7.68. The fourth-order valence-corrected chi connectivity index (χ4v) is 1.43. The van der Waals surface area contributed by atoms with Crippen LogP contribution in [0, 0.1) is 0 Å². The molecule has 0 saturated heterocycles. The van der Waals surface area contributed by atoms with Gasteiger partial charge in [0.2, 0.25) is 5.91 Å². The quantitative estimate of drug-likeness (QED) is 0.747. The number of ether oxygens (including phenoxy) is 1. The monoisotopic (exact) mass is 237 g/mol. The van der Waals surface area contributed by atoms with Crippen LogP contribution in [0.3, 0.4) is 0 Å². The molecule has 1 amide bonds. The number of carbonyl (C=O) groups is 1. The highest BCUT2D eigenvalue weighted by molar-refractivity contribution is 5.75. The molecule has 0 aliphatic carbocycles. The van der Waals surface area contributed by atoms with Gasteiger partial charge in [0.1, 0.15) is 5.75 Å². The van der Waals surface area contributed by atoms with Gasteiger partial charge >= 0.3 is 0 Å². The molecule has 0 aromatic heterocycles. The number of nitrogens with one attached hydrogen (secondary N) is 1. The van der Waals surface area contributed by atoms with Gasteiger partial charge in [0.25, 0.3) is 0 Å². The van der Waals surface area contributed by atoms with E-state index < -0.39 is 0 Å². The van der Waals surface area contributed by atoms with Crippen molar-refractivity contribution in [2.24, 2.45) is 0 Å². The van der Waals surface area contributed by atoms with Gasteiger partial charge in [-0.1, -0.05) is 12.1 Å². The Morgan fingerprint density at radius 1 is 1.35 bits per heavy atom. The van der Waals surface area contributed by atoms with Crippen molar-refractivity contribution >= 4 is 5.91 Å². The standard InChI is InChI=1S/C13H19NO3/c1-2-14-13(16)8-10-17-12-5-3-11(4-6-12)7-9-15/h3-6,15H,2,7-10H2,1H3,(H,14,16). The van der Waals surface area contributed by atoms with E-state index in [1.165, 1.54) is 0 Å². The smallest absolute Gasteiger partial charge is 0.223 e. The Hall–Kier alpha value is -1.55. The Labute approximate surface area is 102 Å². The van der Waals surface area contributed by atoms with E-state index in [1.807, 2.05) is 31.2 Å². The summed E-state index contributed by atoms with van der Waals surface area (Å²) in [7, 11) is 0. The largest absolute Gasteiger partial charge is 0.493 e. The maximum Gasteiger partial charge on any atom is 0.223 e. The summed E-state index contributed by atoms with van der Waals surface area (Å²) >= 11 is 0. The molecule has 94 valence electrons. The lowest BCUT2D eigenvalue weighted by atomic mass is 10.1. The molecule has 0 radical (unpaired) electrons. The SMILES string of the molecule is CCNC(=O)CCOc1ccc(CCO)cc1. The third-order valence-corrected chi connectivity index (χ3v) is 2.30. The van der Waals surface area contributed by atoms with Crippen molar-refractivity contribution in [1.29, 1.82) is 0 Å². The third-order valence-electron chi connectivity index (χ3n) is 2.30. The van der Waals surface area contributed by atoms with Crippen molar-refractivity contribution in [2.75, 3.05) is 19.8 Å². The van der Waals surface area contributed by atoms with Crippen molar-refractivity contribution in [2.45, 2.75) is 19.8 Å². The number of aliphatic hydroxyl groups excluding tert-OH is 1. The van der Waals surface area contributed by atoms with E-state index in [2.05, 4.69) is 5.32 Å². The molecule has 0 heterocycles. The number of carbonyl (C=O) groups excluding carboxylic acids is 1. The predicted molar refractivity (Wildman–Crippen MR) is 66.0 cm³/mol. The maximum atomic E-state index is 11.2. The molecule has 0 saturated carbocycles. The molecule has 1 aromatic carbocycles. The maximum absolute atomic E-state index is 11.2. The number of benzene rings is 1. The fourth-order valence-electron chi connectivity index (χ4n) is 1.43. The van der Waals surface area contributed by atoms with Gasteiger partial charge in [-0.25, -0.2) is 0 Å². The van der Waals surface area contributed by atoms with Crippen LogP contribution in [0.4, 0.5) is 0 Å². The molecule has 0 bridgehead atoms. The highest BCUT2D eigenvalue weighted by atomic mass is 16.5. The van der Waals surface area contributed by atoms with E-state index in [1.54, 1.807) is 0 Å². The molecule has 1 aromatic rings. The lowest BCUT2D eigenvalue weighted by Crippen LogP contribution is -2.24. The van der Waals surface area contributed by atoms with Gasteiger partial charge in [-0.3, -0.25) is 4.79 Å². The Kier molecular flexibility index (Phi) is 6.10. The Morgan fingerprint density at radius 3 is 2.65 bits per heavy atom. The minimum Gasteiger partial charge on any atom is -0.493 e. The lowest BCUT2D eigenvalue weighted by Gasteiger charge is -2.07. The molecule has 0 aliphatic heterocycles. The average molecular weight is 237 g/mol. The van der Waals surface area contributed by atoms with Crippen LogP contribution in [0.5, 0.6) is 5.75 Å². The average Bonchev–Trinajstić information content (AvgIpc) is 2.32. The lowest BCUT2D eigenvalue weighted by molar-refractivity contribution is -0.121. The first-order chi connectivity index (χ1) is 8.26. The summed E-state index contributed by atoms with van der Waals surface area (Å²) in [6.45, 7) is 3.07. The van der Waals surface area contributed by atoms with Crippen LogP contribution in [-0.2, 0) is 11.2 Å². The molecule has 1 rings (SSSR count). The second-order valence-electron chi connectivity index (χ2n) is 3.67. The molecular weight excluding hydrogens is 218 g/mol. The van der Waals surface area contributed by atoms with Crippen molar-refractivity contribution in [3.8, 4) is 5.75 Å². The molecule has 0 aliphatic rings. The molecule has 17 heavy (non-hydrogen) atoms. The number of aliphatic hydroxyl groups is 1. The van der Waals surface area contributed by atoms with Gasteiger partial charge < -0.3 is 15.2 Å². The summed E-state index contributed by atoms with van der Waals surface area (Å²) < 4.78 is 5.43. The summed E-state index contributed by atoms with van der Waals surface area (Å²) in [6.07, 6.45) is 1.02. The highest BCUT2D eigenvalue weighted by Crippen LogP contribution is 2.12. The van der Waals surface area contributed by atoms with Crippen molar-refractivity contribution in [3.05, 3.63) is 29.8 Å². The van der Waals surface area contributed by atoms with Crippen LogP contribution >= 0.6 is 0 Å². The molecular formula is C13H19NO3.